The number of carboxylic acid groups (broad SMARTS) is 1. The number of hydrogen-bond donors (Lipinski definition) is 1. The van der Waals surface area contributed by atoms with Crippen molar-refractivity contribution < 1.29 is 23.8 Å². The van der Waals surface area contributed by atoms with E-state index in [9.17, 15) is 14.3 Å². The van der Waals surface area contributed by atoms with Gasteiger partial charge in [-0.15, -0.1) is 0 Å². The lowest BCUT2D eigenvalue weighted by atomic mass is 9.82. The molecule has 0 amide bonds. The third-order valence-electron chi connectivity index (χ3n) is 7.25. The molecular formula is C29H29FO4. The summed E-state index contributed by atoms with van der Waals surface area (Å²) < 4.78 is 26.0. The third kappa shape index (κ3) is 4.39. The van der Waals surface area contributed by atoms with Crippen LogP contribution in [0.3, 0.4) is 0 Å². The van der Waals surface area contributed by atoms with Gasteiger partial charge in [0.15, 0.2) is 0 Å². The molecule has 2 aliphatic rings. The van der Waals surface area contributed by atoms with Crippen LogP contribution in [0, 0.1) is 17.7 Å². The molecule has 1 saturated carbocycles. The first-order valence-electron chi connectivity index (χ1n) is 11.9. The molecule has 176 valence electrons. The van der Waals surface area contributed by atoms with Gasteiger partial charge < -0.3 is 14.6 Å². The van der Waals surface area contributed by atoms with Crippen molar-refractivity contribution in [1.82, 2.24) is 0 Å². The van der Waals surface area contributed by atoms with E-state index in [4.69, 9.17) is 9.47 Å². The van der Waals surface area contributed by atoms with E-state index in [-0.39, 0.29) is 17.8 Å². The lowest BCUT2D eigenvalue weighted by Gasteiger charge is -2.29. The number of aryl methyl sites for hydroxylation is 1. The molecule has 4 nitrogen and oxygen atoms in total. The van der Waals surface area contributed by atoms with Gasteiger partial charge in [-0.2, -0.15) is 0 Å². The molecule has 3 aromatic rings. The number of rotatable bonds is 7. The highest BCUT2D eigenvalue weighted by molar-refractivity contribution is 5.71. The molecule has 1 aliphatic heterocycles. The van der Waals surface area contributed by atoms with Gasteiger partial charge in [0.25, 0.3) is 0 Å². The van der Waals surface area contributed by atoms with E-state index in [0.717, 1.165) is 53.7 Å². The molecule has 34 heavy (non-hydrogen) atoms. The molecule has 1 N–H and O–H groups in total. The average Bonchev–Trinajstić information content (AvgIpc) is 3.69. The predicted molar refractivity (Wildman–Crippen MR) is 129 cm³/mol. The van der Waals surface area contributed by atoms with Crippen molar-refractivity contribution in [3.05, 3.63) is 83.2 Å². The minimum absolute atomic E-state index is 0.0174. The first-order chi connectivity index (χ1) is 16.4. The molecule has 3 aromatic carbocycles. The molecule has 1 aliphatic carbocycles. The van der Waals surface area contributed by atoms with Gasteiger partial charge in [-0.25, -0.2) is 4.39 Å². The van der Waals surface area contributed by atoms with Crippen molar-refractivity contribution in [2.45, 2.75) is 44.6 Å². The van der Waals surface area contributed by atoms with E-state index in [1.165, 1.54) is 6.07 Å². The normalized spacial score (nSPS) is 19.0. The summed E-state index contributed by atoms with van der Waals surface area (Å²) >= 11 is 0. The Kier molecular flexibility index (Phi) is 6.03. The standard InChI is InChI=1S/C29H29FO4/c1-17(29(31)32)28(21-8-9-21)22-10-7-20-11-14-26(34-27(20)15-22)19-5-3-18(4-6-19)24-16-23(33-2)12-13-25(24)30/h3-7,10,12-13,15-17,21,26,28H,8-9,11,14H2,1-2H3,(H,31,32)/t17-,26?,28-/m0/s1. The van der Waals surface area contributed by atoms with Gasteiger partial charge in [-0.05, 0) is 84.0 Å². The van der Waals surface area contributed by atoms with Crippen molar-refractivity contribution >= 4 is 5.97 Å². The van der Waals surface area contributed by atoms with Crippen molar-refractivity contribution in [3.63, 3.8) is 0 Å². The Labute approximate surface area is 199 Å². The van der Waals surface area contributed by atoms with Crippen molar-refractivity contribution in [2.75, 3.05) is 7.11 Å². The first kappa shape index (κ1) is 22.5. The predicted octanol–water partition coefficient (Wildman–Crippen LogP) is 6.78. The molecule has 0 radical (unpaired) electrons. The molecule has 0 bridgehead atoms. The Bertz CT molecular complexity index is 1200. The summed E-state index contributed by atoms with van der Waals surface area (Å²) in [5.74, 6) is 0.460. The van der Waals surface area contributed by atoms with Crippen molar-refractivity contribution in [3.8, 4) is 22.6 Å². The van der Waals surface area contributed by atoms with Gasteiger partial charge in [-0.1, -0.05) is 43.3 Å². The van der Waals surface area contributed by atoms with Gasteiger partial charge in [0.05, 0.1) is 13.0 Å². The number of benzene rings is 3. The van der Waals surface area contributed by atoms with Gasteiger partial charge >= 0.3 is 5.97 Å². The van der Waals surface area contributed by atoms with Crippen LogP contribution in [-0.4, -0.2) is 18.2 Å². The molecule has 1 heterocycles. The second-order valence-electron chi connectivity index (χ2n) is 9.47. The van der Waals surface area contributed by atoms with E-state index in [0.29, 0.717) is 17.2 Å². The Balaban J connectivity index is 1.37. The molecule has 1 unspecified atom stereocenters. The lowest BCUT2D eigenvalue weighted by Crippen LogP contribution is -2.21. The largest absolute Gasteiger partial charge is 0.497 e. The summed E-state index contributed by atoms with van der Waals surface area (Å²) in [6, 6.07) is 18.8. The summed E-state index contributed by atoms with van der Waals surface area (Å²) in [6.45, 7) is 1.81. The van der Waals surface area contributed by atoms with Crippen LogP contribution < -0.4 is 9.47 Å². The molecule has 0 saturated heterocycles. The Hall–Kier alpha value is -3.34. The number of halogens is 1. The lowest BCUT2D eigenvalue weighted by molar-refractivity contribution is -0.142. The van der Waals surface area contributed by atoms with Crippen LogP contribution in [0.2, 0.25) is 0 Å². The molecule has 3 atom stereocenters. The zero-order valence-corrected chi connectivity index (χ0v) is 19.5. The molecule has 0 aromatic heterocycles. The number of fused-ring (bicyclic) bond motifs is 1. The van der Waals surface area contributed by atoms with Gasteiger partial charge in [0, 0.05) is 5.56 Å². The average molecular weight is 461 g/mol. The fourth-order valence-corrected chi connectivity index (χ4v) is 5.14. The van der Waals surface area contributed by atoms with Crippen LogP contribution >= 0.6 is 0 Å². The fourth-order valence-electron chi connectivity index (χ4n) is 5.14. The SMILES string of the molecule is COc1ccc(F)c(-c2ccc(C3CCc4ccc([C@H](C5CC5)[C@H](C)C(=O)O)cc4O3)cc2)c1. The fraction of sp³-hybridized carbons (Fsp3) is 0.345. The van der Waals surface area contributed by atoms with E-state index in [1.54, 1.807) is 26.2 Å². The minimum Gasteiger partial charge on any atom is -0.497 e. The molecule has 5 rings (SSSR count). The maximum absolute atomic E-state index is 14.4. The van der Waals surface area contributed by atoms with E-state index < -0.39 is 11.9 Å². The van der Waals surface area contributed by atoms with Crippen LogP contribution in [0.15, 0.2) is 60.7 Å². The van der Waals surface area contributed by atoms with Crippen LogP contribution in [-0.2, 0) is 11.2 Å². The highest BCUT2D eigenvalue weighted by atomic mass is 19.1. The number of aliphatic carboxylic acids is 1. The van der Waals surface area contributed by atoms with Crippen LogP contribution in [0.25, 0.3) is 11.1 Å². The monoisotopic (exact) mass is 460 g/mol. The molecular weight excluding hydrogens is 431 g/mol. The van der Waals surface area contributed by atoms with Crippen LogP contribution in [0.4, 0.5) is 4.39 Å². The highest BCUT2D eigenvalue weighted by Crippen LogP contribution is 2.48. The smallest absolute Gasteiger partial charge is 0.306 e. The van der Waals surface area contributed by atoms with E-state index in [2.05, 4.69) is 18.2 Å². The van der Waals surface area contributed by atoms with Gasteiger partial charge in [0.1, 0.15) is 23.4 Å². The van der Waals surface area contributed by atoms with Crippen LogP contribution in [0.1, 0.15) is 54.9 Å². The second-order valence-corrected chi connectivity index (χ2v) is 9.47. The number of hydrogen-bond acceptors (Lipinski definition) is 3. The quantitative estimate of drug-likeness (QED) is 0.422. The number of carboxylic acids is 1. The maximum atomic E-state index is 14.4. The van der Waals surface area contributed by atoms with E-state index >= 15 is 0 Å². The minimum atomic E-state index is -0.749. The number of ether oxygens (including phenoxy) is 2. The zero-order chi connectivity index (χ0) is 23.8. The third-order valence-corrected chi connectivity index (χ3v) is 7.25. The highest BCUT2D eigenvalue weighted by Gasteiger charge is 2.39. The molecule has 1 fully saturated rings. The first-order valence-corrected chi connectivity index (χ1v) is 11.9. The Morgan fingerprint density at radius 3 is 2.50 bits per heavy atom. The summed E-state index contributed by atoms with van der Waals surface area (Å²) in [7, 11) is 1.57. The Morgan fingerprint density at radius 1 is 1.06 bits per heavy atom. The second kappa shape index (κ2) is 9.13. The maximum Gasteiger partial charge on any atom is 0.306 e. The van der Waals surface area contributed by atoms with Crippen LogP contribution in [0.5, 0.6) is 11.5 Å². The topological polar surface area (TPSA) is 55.8 Å². The summed E-state index contributed by atoms with van der Waals surface area (Å²) in [5.41, 5.74) is 4.55. The molecule has 5 heteroatoms. The molecule has 0 spiro atoms. The zero-order valence-electron chi connectivity index (χ0n) is 19.5. The summed E-state index contributed by atoms with van der Waals surface area (Å²) in [4.78, 5) is 11.7. The van der Waals surface area contributed by atoms with Crippen molar-refractivity contribution in [1.29, 1.82) is 0 Å². The summed E-state index contributed by atoms with van der Waals surface area (Å²) in [5, 5.41) is 9.61. The van der Waals surface area contributed by atoms with E-state index in [1.807, 2.05) is 24.3 Å². The number of carbonyl (C=O) groups is 1. The van der Waals surface area contributed by atoms with Crippen molar-refractivity contribution in [2.24, 2.45) is 11.8 Å². The Morgan fingerprint density at radius 2 is 1.82 bits per heavy atom. The summed E-state index contributed by atoms with van der Waals surface area (Å²) in [6.07, 6.45) is 3.83. The van der Waals surface area contributed by atoms with Gasteiger partial charge in [0.2, 0.25) is 0 Å². The van der Waals surface area contributed by atoms with Gasteiger partial charge in [-0.3, -0.25) is 4.79 Å². The number of methoxy groups -OCH3 is 1.